The molecule has 76 valence electrons. The van der Waals surface area contributed by atoms with Gasteiger partial charge < -0.3 is 9.84 Å². The lowest BCUT2D eigenvalue weighted by molar-refractivity contribution is -0.132. The third-order valence-electron chi connectivity index (χ3n) is 1.97. The summed E-state index contributed by atoms with van der Waals surface area (Å²) in [6.45, 7) is 0. The van der Waals surface area contributed by atoms with Gasteiger partial charge in [-0.3, -0.25) is 0 Å². The molecular weight excluding hydrogens is 216 g/mol. The maximum Gasteiger partial charge on any atom is 0.335 e. The number of carbonyl (C=O) groups is 1. The number of hydrogen-bond acceptors (Lipinski definition) is 2. The number of fused-ring (bicyclic) bond motifs is 1. The molecule has 0 bridgehead atoms. The van der Waals surface area contributed by atoms with Crippen molar-refractivity contribution in [3.8, 4) is 5.75 Å². The average molecular weight is 223 g/mol. The number of benzene rings is 1. The van der Waals surface area contributed by atoms with Crippen LogP contribution in [-0.4, -0.2) is 11.1 Å². The van der Waals surface area contributed by atoms with E-state index in [2.05, 4.69) is 0 Å². The van der Waals surface area contributed by atoms with Gasteiger partial charge in [-0.2, -0.15) is 0 Å². The zero-order chi connectivity index (χ0) is 10.8. The maximum absolute atomic E-state index is 10.8. The van der Waals surface area contributed by atoms with Crippen molar-refractivity contribution in [2.75, 3.05) is 0 Å². The van der Waals surface area contributed by atoms with Crippen LogP contribution in [0, 0.1) is 0 Å². The van der Waals surface area contributed by atoms with Crippen LogP contribution >= 0.6 is 11.6 Å². The lowest BCUT2D eigenvalue weighted by Gasteiger charge is -2.03. The fourth-order valence-electron chi connectivity index (χ4n) is 1.27. The highest BCUT2D eigenvalue weighted by Gasteiger charge is 2.10. The zero-order valence-electron chi connectivity index (χ0n) is 7.61. The van der Waals surface area contributed by atoms with Crippen LogP contribution in [0.2, 0.25) is 5.02 Å². The zero-order valence-corrected chi connectivity index (χ0v) is 8.36. The summed E-state index contributed by atoms with van der Waals surface area (Å²) in [6.07, 6.45) is 4.27. The second-order valence-electron chi connectivity index (χ2n) is 3.01. The van der Waals surface area contributed by atoms with Gasteiger partial charge in [-0.1, -0.05) is 11.6 Å². The molecule has 0 radical (unpaired) electrons. The minimum atomic E-state index is -0.998. The highest BCUT2D eigenvalue weighted by molar-refractivity contribution is 6.30. The summed E-state index contributed by atoms with van der Waals surface area (Å²) < 4.78 is 5.23. The summed E-state index contributed by atoms with van der Waals surface area (Å²) in [5.74, 6) is -0.408. The van der Waals surface area contributed by atoms with Gasteiger partial charge in [0.1, 0.15) is 5.75 Å². The van der Waals surface area contributed by atoms with E-state index in [0.29, 0.717) is 16.3 Å². The topological polar surface area (TPSA) is 46.5 Å². The van der Waals surface area contributed by atoms with Crippen molar-refractivity contribution in [2.45, 2.75) is 0 Å². The lowest BCUT2D eigenvalue weighted by Crippen LogP contribution is -1.96. The minimum absolute atomic E-state index is 0.163. The Hall–Kier alpha value is -1.74. The van der Waals surface area contributed by atoms with E-state index >= 15 is 0 Å². The SMILES string of the molecule is O=C(O)C1=Cc2cc(Cl)ccc2OC=C1. The molecule has 1 N–H and O–H groups in total. The largest absolute Gasteiger partial charge is 0.478 e. The molecule has 0 aromatic heterocycles. The molecule has 1 heterocycles. The fourth-order valence-corrected chi connectivity index (χ4v) is 1.45. The molecule has 0 fully saturated rings. The van der Waals surface area contributed by atoms with E-state index in [-0.39, 0.29) is 5.57 Å². The summed E-state index contributed by atoms with van der Waals surface area (Å²) in [5.41, 5.74) is 0.820. The van der Waals surface area contributed by atoms with Gasteiger partial charge in [0, 0.05) is 10.6 Å². The van der Waals surface area contributed by atoms with Crippen molar-refractivity contribution < 1.29 is 14.6 Å². The highest BCUT2D eigenvalue weighted by atomic mass is 35.5. The van der Waals surface area contributed by atoms with Crippen LogP contribution in [0.15, 0.2) is 36.1 Å². The van der Waals surface area contributed by atoms with E-state index in [1.165, 1.54) is 18.4 Å². The molecule has 1 aliphatic heterocycles. The predicted molar refractivity (Wildman–Crippen MR) is 56.8 cm³/mol. The van der Waals surface area contributed by atoms with Crippen LogP contribution in [0.3, 0.4) is 0 Å². The van der Waals surface area contributed by atoms with Gasteiger partial charge in [0.15, 0.2) is 0 Å². The van der Waals surface area contributed by atoms with Gasteiger partial charge in [-0.15, -0.1) is 0 Å². The number of carboxylic acids is 1. The molecule has 0 amide bonds. The molecule has 0 aliphatic carbocycles. The molecule has 0 atom stereocenters. The Kier molecular flexibility index (Phi) is 2.47. The van der Waals surface area contributed by atoms with Gasteiger partial charge in [-0.05, 0) is 30.4 Å². The second kappa shape index (κ2) is 3.79. The Morgan fingerprint density at radius 3 is 2.93 bits per heavy atom. The molecular formula is C11H7ClO3. The summed E-state index contributed by atoms with van der Waals surface area (Å²) >= 11 is 5.80. The van der Waals surface area contributed by atoms with Gasteiger partial charge >= 0.3 is 5.97 Å². The standard InChI is InChI=1S/C11H7ClO3/c12-9-1-2-10-8(6-9)5-7(11(13)14)3-4-15-10/h1-6H,(H,13,14). The number of ether oxygens (including phenoxy) is 1. The average Bonchev–Trinajstić information content (AvgIpc) is 2.39. The third-order valence-corrected chi connectivity index (χ3v) is 2.21. The molecule has 0 spiro atoms. The van der Waals surface area contributed by atoms with Gasteiger partial charge in [0.25, 0.3) is 0 Å². The second-order valence-corrected chi connectivity index (χ2v) is 3.44. The molecule has 1 aromatic rings. The van der Waals surface area contributed by atoms with Gasteiger partial charge in [0.05, 0.1) is 11.8 Å². The van der Waals surface area contributed by atoms with E-state index < -0.39 is 5.97 Å². The molecule has 1 aliphatic rings. The van der Waals surface area contributed by atoms with E-state index in [1.54, 1.807) is 18.2 Å². The summed E-state index contributed by atoms with van der Waals surface area (Å²) in [4.78, 5) is 10.8. The molecule has 3 nitrogen and oxygen atoms in total. The van der Waals surface area contributed by atoms with Crippen molar-refractivity contribution in [2.24, 2.45) is 0 Å². The molecule has 0 unspecified atom stereocenters. The Labute approximate surface area is 91.2 Å². The van der Waals surface area contributed by atoms with Gasteiger partial charge in [0.2, 0.25) is 0 Å². The Balaban J connectivity index is 2.54. The summed E-state index contributed by atoms with van der Waals surface area (Å²) in [5, 5.41) is 9.39. The first-order chi connectivity index (χ1) is 7.16. The fraction of sp³-hybridized carbons (Fsp3) is 0. The number of rotatable bonds is 1. The normalized spacial score (nSPS) is 13.5. The Bertz CT molecular complexity index is 475. The van der Waals surface area contributed by atoms with Crippen LogP contribution in [0.5, 0.6) is 5.75 Å². The van der Waals surface area contributed by atoms with Gasteiger partial charge in [-0.25, -0.2) is 4.79 Å². The number of halogens is 1. The van der Waals surface area contributed by atoms with Crippen LogP contribution in [-0.2, 0) is 4.79 Å². The predicted octanol–water partition coefficient (Wildman–Crippen LogP) is 2.71. The molecule has 0 saturated carbocycles. The van der Waals surface area contributed by atoms with Crippen molar-refractivity contribution >= 4 is 23.6 Å². The minimum Gasteiger partial charge on any atom is -0.478 e. The maximum atomic E-state index is 10.8. The van der Waals surface area contributed by atoms with Crippen molar-refractivity contribution in [3.05, 3.63) is 46.7 Å². The van der Waals surface area contributed by atoms with Crippen LogP contribution in [0.1, 0.15) is 5.56 Å². The highest BCUT2D eigenvalue weighted by Crippen LogP contribution is 2.27. The number of hydrogen-bond donors (Lipinski definition) is 1. The van der Waals surface area contributed by atoms with E-state index in [4.69, 9.17) is 21.4 Å². The molecule has 0 saturated heterocycles. The molecule has 4 heteroatoms. The van der Waals surface area contributed by atoms with E-state index in [0.717, 1.165) is 0 Å². The Morgan fingerprint density at radius 2 is 2.20 bits per heavy atom. The van der Waals surface area contributed by atoms with Crippen molar-refractivity contribution in [1.82, 2.24) is 0 Å². The molecule has 15 heavy (non-hydrogen) atoms. The lowest BCUT2D eigenvalue weighted by atomic mass is 10.1. The first-order valence-corrected chi connectivity index (χ1v) is 4.62. The smallest absolute Gasteiger partial charge is 0.335 e. The van der Waals surface area contributed by atoms with E-state index in [9.17, 15) is 4.79 Å². The molecule has 1 aromatic carbocycles. The number of carboxylic acid groups (broad SMARTS) is 1. The monoisotopic (exact) mass is 222 g/mol. The Morgan fingerprint density at radius 1 is 1.40 bits per heavy atom. The van der Waals surface area contributed by atoms with Crippen molar-refractivity contribution in [3.63, 3.8) is 0 Å². The summed E-state index contributed by atoms with van der Waals surface area (Å²) in [6, 6.07) is 5.05. The van der Waals surface area contributed by atoms with E-state index in [1.807, 2.05) is 0 Å². The van der Waals surface area contributed by atoms with Crippen LogP contribution in [0.4, 0.5) is 0 Å². The van der Waals surface area contributed by atoms with Crippen LogP contribution in [0.25, 0.3) is 6.08 Å². The first kappa shape index (κ1) is 9.80. The molecule has 2 rings (SSSR count). The third kappa shape index (κ3) is 2.02. The summed E-state index contributed by atoms with van der Waals surface area (Å²) in [7, 11) is 0. The quantitative estimate of drug-likeness (QED) is 0.795. The number of aliphatic carboxylic acids is 1. The van der Waals surface area contributed by atoms with Crippen LogP contribution < -0.4 is 4.74 Å². The first-order valence-electron chi connectivity index (χ1n) is 4.24. The van der Waals surface area contributed by atoms with Crippen molar-refractivity contribution in [1.29, 1.82) is 0 Å².